The first-order chi connectivity index (χ1) is 3.18. The number of rotatable bonds is 2. The van der Waals surface area contributed by atoms with Crippen LogP contribution in [0.1, 0.15) is 6.92 Å². The van der Waals surface area contributed by atoms with Crippen LogP contribution >= 0.6 is 0 Å². The number of aliphatic hydroxyl groups is 2. The highest BCUT2D eigenvalue weighted by molar-refractivity contribution is 4.51. The zero-order valence-corrected chi connectivity index (χ0v) is 4.33. The first-order valence-electron chi connectivity index (χ1n) is 2.24. The topological polar surface area (TPSA) is 66.5 Å². The van der Waals surface area contributed by atoms with Gasteiger partial charge in [-0.2, -0.15) is 0 Å². The number of nitrogens with two attached hydrogens (primary N) is 1. The summed E-state index contributed by atoms with van der Waals surface area (Å²) in [5.74, 6) is -0.208. The van der Waals surface area contributed by atoms with Crippen molar-refractivity contribution in [3.8, 4) is 0 Å². The lowest BCUT2D eigenvalue weighted by Crippen LogP contribution is -2.24. The van der Waals surface area contributed by atoms with Gasteiger partial charge < -0.3 is 15.9 Å². The average molecular weight is 105 g/mol. The smallest absolute Gasteiger partial charge is 0.155 e. The zero-order valence-electron chi connectivity index (χ0n) is 4.33. The SMILES string of the molecule is CC(CN)C(O)O. The van der Waals surface area contributed by atoms with E-state index in [2.05, 4.69) is 0 Å². The molecule has 0 aliphatic heterocycles. The van der Waals surface area contributed by atoms with Crippen LogP contribution in [0.4, 0.5) is 0 Å². The van der Waals surface area contributed by atoms with Crippen LogP contribution in [0.2, 0.25) is 0 Å². The molecule has 0 amide bonds. The predicted octanol–water partition coefficient (Wildman–Crippen LogP) is -1.11. The van der Waals surface area contributed by atoms with Gasteiger partial charge in [0.1, 0.15) is 0 Å². The summed E-state index contributed by atoms with van der Waals surface area (Å²) < 4.78 is 0. The molecule has 0 spiro atoms. The molecule has 0 saturated heterocycles. The molecule has 0 aromatic heterocycles. The van der Waals surface area contributed by atoms with Crippen molar-refractivity contribution in [2.45, 2.75) is 13.2 Å². The minimum atomic E-state index is -1.26. The minimum Gasteiger partial charge on any atom is -0.368 e. The van der Waals surface area contributed by atoms with Crippen LogP contribution in [-0.4, -0.2) is 23.0 Å². The largest absolute Gasteiger partial charge is 0.368 e. The lowest BCUT2D eigenvalue weighted by Gasteiger charge is -2.08. The highest BCUT2D eigenvalue weighted by Crippen LogP contribution is 1.93. The molecule has 7 heavy (non-hydrogen) atoms. The summed E-state index contributed by atoms with van der Waals surface area (Å²) >= 11 is 0. The van der Waals surface area contributed by atoms with Crippen LogP contribution in [-0.2, 0) is 0 Å². The molecule has 0 aliphatic carbocycles. The Labute approximate surface area is 42.8 Å². The molecule has 0 aromatic carbocycles. The van der Waals surface area contributed by atoms with Gasteiger partial charge in [0, 0.05) is 5.92 Å². The van der Waals surface area contributed by atoms with E-state index in [0.717, 1.165) is 0 Å². The Morgan fingerprint density at radius 1 is 1.57 bits per heavy atom. The van der Waals surface area contributed by atoms with E-state index in [4.69, 9.17) is 15.9 Å². The second-order valence-corrected chi connectivity index (χ2v) is 1.63. The van der Waals surface area contributed by atoms with E-state index in [0.29, 0.717) is 6.54 Å². The number of aliphatic hydroxyl groups excluding tert-OH is 1. The highest BCUT2D eigenvalue weighted by Gasteiger charge is 2.05. The average Bonchev–Trinajstić information content (AvgIpc) is 1.65. The highest BCUT2D eigenvalue weighted by atomic mass is 16.5. The minimum absolute atomic E-state index is 0.208. The first-order valence-corrected chi connectivity index (χ1v) is 2.24. The van der Waals surface area contributed by atoms with Crippen LogP contribution in [0.15, 0.2) is 0 Å². The molecule has 0 aliphatic rings. The Kier molecular flexibility index (Phi) is 2.91. The molecule has 3 heteroatoms. The summed E-state index contributed by atoms with van der Waals surface area (Å²) in [4.78, 5) is 0. The fourth-order valence-electron chi connectivity index (χ4n) is 0.122. The molecule has 0 aromatic rings. The van der Waals surface area contributed by atoms with Gasteiger partial charge in [0.2, 0.25) is 0 Å². The summed E-state index contributed by atoms with van der Waals surface area (Å²) in [6.45, 7) is 1.99. The molecule has 1 atom stereocenters. The quantitative estimate of drug-likeness (QED) is 0.390. The van der Waals surface area contributed by atoms with Gasteiger partial charge in [0.25, 0.3) is 0 Å². The zero-order chi connectivity index (χ0) is 5.86. The number of hydrogen-bond donors (Lipinski definition) is 3. The van der Waals surface area contributed by atoms with Crippen molar-refractivity contribution in [1.29, 1.82) is 0 Å². The third kappa shape index (κ3) is 2.56. The van der Waals surface area contributed by atoms with Gasteiger partial charge in [-0.05, 0) is 6.54 Å². The lowest BCUT2D eigenvalue weighted by atomic mass is 10.2. The molecule has 0 heterocycles. The van der Waals surface area contributed by atoms with Gasteiger partial charge in [-0.25, -0.2) is 0 Å². The molecular weight excluding hydrogens is 94.0 g/mol. The Morgan fingerprint density at radius 2 is 2.00 bits per heavy atom. The van der Waals surface area contributed by atoms with Crippen molar-refractivity contribution in [1.82, 2.24) is 0 Å². The second kappa shape index (κ2) is 2.96. The predicted molar refractivity (Wildman–Crippen MR) is 26.4 cm³/mol. The van der Waals surface area contributed by atoms with Gasteiger partial charge in [0.15, 0.2) is 6.29 Å². The van der Waals surface area contributed by atoms with Gasteiger partial charge in [-0.15, -0.1) is 0 Å². The fraction of sp³-hybridized carbons (Fsp3) is 1.00. The fourth-order valence-corrected chi connectivity index (χ4v) is 0.122. The first kappa shape index (κ1) is 6.88. The molecular formula is C4H11NO2. The Bertz CT molecular complexity index is 47.0. The van der Waals surface area contributed by atoms with E-state index in [1.807, 2.05) is 0 Å². The summed E-state index contributed by atoms with van der Waals surface area (Å²) in [6.07, 6.45) is -1.26. The van der Waals surface area contributed by atoms with E-state index < -0.39 is 6.29 Å². The molecule has 44 valence electrons. The second-order valence-electron chi connectivity index (χ2n) is 1.63. The van der Waals surface area contributed by atoms with E-state index in [9.17, 15) is 0 Å². The van der Waals surface area contributed by atoms with E-state index in [-0.39, 0.29) is 5.92 Å². The molecule has 0 rings (SSSR count). The third-order valence-corrected chi connectivity index (χ3v) is 0.881. The standard InChI is InChI=1S/C4H11NO2/c1-3(2-5)4(6)7/h3-4,6-7H,2,5H2,1H3. The summed E-state index contributed by atoms with van der Waals surface area (Å²) in [5.41, 5.74) is 5.05. The van der Waals surface area contributed by atoms with Crippen molar-refractivity contribution < 1.29 is 10.2 Å². The molecule has 0 radical (unpaired) electrons. The van der Waals surface area contributed by atoms with Crippen LogP contribution < -0.4 is 5.73 Å². The lowest BCUT2D eigenvalue weighted by molar-refractivity contribution is -0.0755. The summed E-state index contributed by atoms with van der Waals surface area (Å²) in [5, 5.41) is 16.6. The normalized spacial score (nSPS) is 15.0. The maximum atomic E-state index is 8.30. The monoisotopic (exact) mass is 105 g/mol. The maximum absolute atomic E-state index is 8.30. The summed E-state index contributed by atoms with van der Waals surface area (Å²) in [6, 6.07) is 0. The Balaban J connectivity index is 3.14. The molecule has 0 saturated carbocycles. The van der Waals surface area contributed by atoms with Crippen LogP contribution in [0.5, 0.6) is 0 Å². The third-order valence-electron chi connectivity index (χ3n) is 0.881. The van der Waals surface area contributed by atoms with Gasteiger partial charge >= 0.3 is 0 Å². The van der Waals surface area contributed by atoms with Crippen LogP contribution in [0.3, 0.4) is 0 Å². The van der Waals surface area contributed by atoms with Crippen LogP contribution in [0.25, 0.3) is 0 Å². The molecule has 1 unspecified atom stereocenters. The van der Waals surface area contributed by atoms with Crippen LogP contribution in [0, 0.1) is 5.92 Å². The van der Waals surface area contributed by atoms with Crippen molar-refractivity contribution >= 4 is 0 Å². The maximum Gasteiger partial charge on any atom is 0.155 e. The molecule has 0 fully saturated rings. The van der Waals surface area contributed by atoms with E-state index in [1.54, 1.807) is 6.92 Å². The van der Waals surface area contributed by atoms with Crippen molar-refractivity contribution in [2.24, 2.45) is 11.7 Å². The van der Waals surface area contributed by atoms with E-state index >= 15 is 0 Å². The number of hydrogen-bond acceptors (Lipinski definition) is 3. The molecule has 0 bridgehead atoms. The van der Waals surface area contributed by atoms with Crippen molar-refractivity contribution in [3.05, 3.63) is 0 Å². The van der Waals surface area contributed by atoms with Crippen molar-refractivity contribution in [2.75, 3.05) is 6.54 Å². The van der Waals surface area contributed by atoms with Gasteiger partial charge in [-0.3, -0.25) is 0 Å². The summed E-state index contributed by atoms with van der Waals surface area (Å²) in [7, 11) is 0. The molecule has 3 nitrogen and oxygen atoms in total. The van der Waals surface area contributed by atoms with Gasteiger partial charge in [0.05, 0.1) is 0 Å². The Morgan fingerprint density at radius 3 is 2.00 bits per heavy atom. The van der Waals surface area contributed by atoms with E-state index in [1.165, 1.54) is 0 Å². The molecule has 4 N–H and O–H groups in total. The van der Waals surface area contributed by atoms with Gasteiger partial charge in [-0.1, -0.05) is 6.92 Å². The van der Waals surface area contributed by atoms with Crippen molar-refractivity contribution in [3.63, 3.8) is 0 Å². The Hall–Kier alpha value is -0.120.